The van der Waals surface area contributed by atoms with Gasteiger partial charge in [-0.3, -0.25) is 9.36 Å². The molecule has 1 heterocycles. The molecule has 14 heteroatoms. The molecule has 2 aromatic rings. The van der Waals surface area contributed by atoms with E-state index in [0.717, 1.165) is 0 Å². The molecule has 0 fully saturated rings. The molecule has 6 nitrogen and oxygen atoms in total. The van der Waals surface area contributed by atoms with E-state index in [4.69, 9.17) is 39.5 Å². The Labute approximate surface area is 185 Å². The lowest BCUT2D eigenvalue weighted by Gasteiger charge is -2.16. The largest absolute Gasteiger partial charge is 0.417 e. The molecule has 0 saturated heterocycles. The number of hydrogen-bond acceptors (Lipinski definition) is 5. The van der Waals surface area contributed by atoms with E-state index in [1.165, 1.54) is 12.1 Å². The summed E-state index contributed by atoms with van der Waals surface area (Å²) in [6.45, 7) is 0. The van der Waals surface area contributed by atoms with Gasteiger partial charge in [0.25, 0.3) is 5.56 Å². The van der Waals surface area contributed by atoms with Gasteiger partial charge >= 0.3 is 12.4 Å². The Hall–Kier alpha value is -3.48. The molecule has 2 rings (SSSR count). The molecule has 0 spiro atoms. The fourth-order valence-corrected chi connectivity index (χ4v) is 3.05. The number of nitrogens with zero attached hydrogens (tertiary/aromatic N) is 4. The normalized spacial score (nSPS) is 12.9. The zero-order valence-electron chi connectivity index (χ0n) is 15.2. The van der Waals surface area contributed by atoms with Crippen LogP contribution >= 0.6 is 23.2 Å². The van der Waals surface area contributed by atoms with Gasteiger partial charge in [0.05, 0.1) is 26.9 Å². The van der Waals surface area contributed by atoms with Gasteiger partial charge in [0.1, 0.15) is 17.8 Å². The number of nitrogens with two attached hydrogens (primary N) is 1. The second-order valence-corrected chi connectivity index (χ2v) is 6.69. The molecule has 0 aliphatic carbocycles. The molecule has 166 valence electrons. The average Bonchev–Trinajstić information content (AvgIpc) is 2.67. The highest BCUT2D eigenvalue weighted by Gasteiger charge is 2.35. The van der Waals surface area contributed by atoms with Gasteiger partial charge in [-0.1, -0.05) is 23.2 Å². The van der Waals surface area contributed by atoms with E-state index >= 15 is 0 Å². The molecule has 2 N–H and O–H groups in total. The molecular formula is C18H7Cl2F6N5O. The van der Waals surface area contributed by atoms with Gasteiger partial charge in [-0.05, 0) is 12.1 Å². The van der Waals surface area contributed by atoms with Crippen molar-refractivity contribution in [1.29, 1.82) is 10.5 Å². The number of rotatable bonds is 3. The van der Waals surface area contributed by atoms with Crippen molar-refractivity contribution in [2.24, 2.45) is 10.7 Å². The summed E-state index contributed by atoms with van der Waals surface area (Å²) in [7, 11) is 0. The van der Waals surface area contributed by atoms with Gasteiger partial charge < -0.3 is 5.73 Å². The van der Waals surface area contributed by atoms with Gasteiger partial charge in [0, 0.05) is 24.0 Å². The molecular weight excluding hydrogens is 487 g/mol. The SMILES string of the molecule is N#C/C(N)=C(\C#N)N=Cc1cn(-c2c(Cl)cc(C(F)(F)F)cc2Cl)c(=O)cc1C(F)(F)F. The van der Waals surface area contributed by atoms with Crippen molar-refractivity contribution in [3.05, 3.63) is 72.9 Å². The monoisotopic (exact) mass is 493 g/mol. The van der Waals surface area contributed by atoms with E-state index in [2.05, 4.69) is 4.99 Å². The van der Waals surface area contributed by atoms with Crippen molar-refractivity contribution < 1.29 is 26.3 Å². The molecule has 0 aliphatic rings. The molecule has 1 aromatic carbocycles. The first-order valence-corrected chi connectivity index (χ1v) is 8.70. The first-order chi connectivity index (χ1) is 14.7. The third kappa shape index (κ3) is 5.22. The molecule has 1 aromatic heterocycles. The number of nitriles is 2. The first-order valence-electron chi connectivity index (χ1n) is 7.95. The Balaban J connectivity index is 2.82. The molecule has 0 saturated carbocycles. The minimum atomic E-state index is -5.05. The van der Waals surface area contributed by atoms with Crippen LogP contribution in [-0.2, 0) is 12.4 Å². The third-order valence-electron chi connectivity index (χ3n) is 3.79. The number of benzene rings is 1. The van der Waals surface area contributed by atoms with E-state index in [1.54, 1.807) is 0 Å². The molecule has 0 unspecified atom stereocenters. The molecule has 0 atom stereocenters. The lowest BCUT2D eigenvalue weighted by atomic mass is 10.1. The van der Waals surface area contributed by atoms with Crippen molar-refractivity contribution in [3.63, 3.8) is 0 Å². The Bertz CT molecular complexity index is 1260. The fourth-order valence-electron chi connectivity index (χ4n) is 2.38. The van der Waals surface area contributed by atoms with Crippen LogP contribution in [0.1, 0.15) is 16.7 Å². The van der Waals surface area contributed by atoms with Gasteiger partial charge in [-0.15, -0.1) is 0 Å². The minimum absolute atomic E-state index is 0.148. The maximum Gasteiger partial charge on any atom is 0.417 e. The van der Waals surface area contributed by atoms with Crippen LogP contribution in [0.4, 0.5) is 26.3 Å². The van der Waals surface area contributed by atoms with E-state index < -0.39 is 61.7 Å². The summed E-state index contributed by atoms with van der Waals surface area (Å²) in [6, 6.07) is 3.85. The van der Waals surface area contributed by atoms with Crippen LogP contribution in [0.3, 0.4) is 0 Å². The van der Waals surface area contributed by atoms with Crippen LogP contribution in [0.25, 0.3) is 5.69 Å². The predicted octanol–water partition coefficient (Wildman–Crippen LogP) is 4.82. The van der Waals surface area contributed by atoms with Crippen molar-refractivity contribution in [2.45, 2.75) is 12.4 Å². The third-order valence-corrected chi connectivity index (χ3v) is 4.37. The van der Waals surface area contributed by atoms with Crippen LogP contribution < -0.4 is 11.3 Å². The lowest BCUT2D eigenvalue weighted by molar-refractivity contribution is -0.138. The highest BCUT2D eigenvalue weighted by atomic mass is 35.5. The Kier molecular flexibility index (Phi) is 6.93. The van der Waals surface area contributed by atoms with Gasteiger partial charge in [0.2, 0.25) is 0 Å². The van der Waals surface area contributed by atoms with E-state index in [9.17, 15) is 31.1 Å². The number of hydrogen-bond donors (Lipinski definition) is 1. The minimum Gasteiger partial charge on any atom is -0.388 e. The summed E-state index contributed by atoms with van der Waals surface area (Å²) in [5, 5.41) is 16.3. The summed E-state index contributed by atoms with van der Waals surface area (Å²) in [5.74, 6) is 0. The van der Waals surface area contributed by atoms with E-state index in [-0.39, 0.29) is 6.07 Å². The van der Waals surface area contributed by atoms with Crippen LogP contribution in [0.2, 0.25) is 10.0 Å². The zero-order chi connectivity index (χ0) is 24.4. The average molecular weight is 494 g/mol. The van der Waals surface area contributed by atoms with Crippen LogP contribution in [0.15, 0.2) is 45.6 Å². The second-order valence-electron chi connectivity index (χ2n) is 5.88. The van der Waals surface area contributed by atoms with Crippen molar-refractivity contribution in [3.8, 4) is 17.8 Å². The van der Waals surface area contributed by atoms with Crippen molar-refractivity contribution >= 4 is 29.4 Å². The molecule has 0 bridgehead atoms. The Morgan fingerprint density at radius 1 is 1.03 bits per heavy atom. The lowest BCUT2D eigenvalue weighted by Crippen LogP contribution is -2.23. The summed E-state index contributed by atoms with van der Waals surface area (Å²) in [5.41, 5.74) is -1.49. The molecule has 0 amide bonds. The van der Waals surface area contributed by atoms with Gasteiger partial charge in [-0.25, -0.2) is 4.99 Å². The number of pyridine rings is 1. The zero-order valence-corrected chi connectivity index (χ0v) is 16.7. The van der Waals surface area contributed by atoms with E-state index in [1.807, 2.05) is 0 Å². The quantitative estimate of drug-likeness (QED) is 0.375. The number of halogens is 8. The number of aromatic nitrogens is 1. The molecule has 32 heavy (non-hydrogen) atoms. The molecule has 0 radical (unpaired) electrons. The van der Waals surface area contributed by atoms with Crippen LogP contribution in [0.5, 0.6) is 0 Å². The number of allylic oxidation sites excluding steroid dienone is 2. The van der Waals surface area contributed by atoms with Crippen molar-refractivity contribution in [1.82, 2.24) is 4.57 Å². The topological polar surface area (TPSA) is 108 Å². The standard InChI is InChI=1S/C18H7Cl2F6N5O/c19-11-1-9(17(21,22)23)2-12(20)16(11)31-7-8(6-30-14(5-28)13(29)4-27)10(3-15(31)32)18(24,25)26/h1-3,6-7H,29H2/b14-13-,30-6?. The predicted molar refractivity (Wildman–Crippen MR) is 102 cm³/mol. The van der Waals surface area contributed by atoms with Crippen molar-refractivity contribution in [2.75, 3.05) is 0 Å². The highest BCUT2D eigenvalue weighted by molar-refractivity contribution is 6.37. The Morgan fingerprint density at radius 2 is 1.59 bits per heavy atom. The molecule has 0 aliphatic heterocycles. The van der Waals surface area contributed by atoms with E-state index in [0.29, 0.717) is 29.1 Å². The van der Waals surface area contributed by atoms with Crippen LogP contribution in [0, 0.1) is 22.7 Å². The summed E-state index contributed by atoms with van der Waals surface area (Å²) >= 11 is 11.7. The number of aliphatic imine (C=N–C) groups is 1. The smallest absolute Gasteiger partial charge is 0.388 e. The number of alkyl halides is 6. The highest BCUT2D eigenvalue weighted by Crippen LogP contribution is 2.38. The summed E-state index contributed by atoms with van der Waals surface area (Å²) in [6.07, 6.45) is -8.79. The fraction of sp³-hybridized carbons (Fsp3) is 0.111. The maximum atomic E-state index is 13.4. The Morgan fingerprint density at radius 3 is 2.03 bits per heavy atom. The maximum absolute atomic E-state index is 13.4. The van der Waals surface area contributed by atoms with Gasteiger partial charge in [-0.2, -0.15) is 36.9 Å². The summed E-state index contributed by atoms with van der Waals surface area (Å²) in [4.78, 5) is 15.8. The first kappa shape index (κ1) is 24.8. The van der Waals surface area contributed by atoms with Gasteiger partial charge in [0.15, 0.2) is 5.70 Å². The van der Waals surface area contributed by atoms with Crippen LogP contribution in [-0.4, -0.2) is 10.8 Å². The second kappa shape index (κ2) is 8.94. The summed E-state index contributed by atoms with van der Waals surface area (Å²) < 4.78 is 79.4.